The quantitative estimate of drug-likeness (QED) is 0.0948. The standard InChI is InChI=1S/C33H31N3O5S3/c1-33(2,44(4,38)39)24-18-22-9-6-16-34-28(22)27(19-24)21-7-5-8-23(17-21)30-29(20-10-14-26(15-11-20)43-41-40-3)36-32(42-30)31(37)35-25-12-13-25/h5-11,14-19,25H,12-13H2,1-4H3,(H,35,37). The van der Waals surface area contributed by atoms with E-state index in [-0.39, 0.29) is 11.9 Å². The highest BCUT2D eigenvalue weighted by molar-refractivity contribution is 7.94. The Balaban J connectivity index is 1.48. The molecule has 0 radical (unpaired) electrons. The van der Waals surface area contributed by atoms with Gasteiger partial charge in [0, 0.05) is 39.9 Å². The number of carbonyl (C=O) groups is 1. The number of thiazole rings is 1. The Kier molecular flexibility index (Phi) is 8.33. The van der Waals surface area contributed by atoms with Crippen LogP contribution < -0.4 is 5.32 Å². The van der Waals surface area contributed by atoms with Gasteiger partial charge < -0.3 is 5.32 Å². The fourth-order valence-electron chi connectivity index (χ4n) is 4.83. The van der Waals surface area contributed by atoms with Crippen LogP contribution in [0.5, 0.6) is 0 Å². The largest absolute Gasteiger partial charge is 0.347 e. The molecule has 2 aromatic heterocycles. The van der Waals surface area contributed by atoms with E-state index < -0.39 is 14.6 Å². The Bertz CT molecular complexity index is 1970. The molecule has 1 N–H and O–H groups in total. The van der Waals surface area contributed by atoms with Crippen LogP contribution in [0.2, 0.25) is 0 Å². The number of nitrogens with zero attached hydrogens (tertiary/aromatic N) is 2. The van der Waals surface area contributed by atoms with Crippen molar-refractivity contribution in [2.75, 3.05) is 13.4 Å². The summed E-state index contributed by atoms with van der Waals surface area (Å²) in [5, 5.41) is 4.31. The van der Waals surface area contributed by atoms with Gasteiger partial charge in [0.15, 0.2) is 14.8 Å². The minimum Gasteiger partial charge on any atom is -0.347 e. The lowest BCUT2D eigenvalue weighted by Crippen LogP contribution is -2.28. The van der Waals surface area contributed by atoms with Crippen molar-refractivity contribution in [3.8, 4) is 32.8 Å². The van der Waals surface area contributed by atoms with E-state index in [0.29, 0.717) is 16.3 Å². The number of nitrogens with one attached hydrogen (secondary N) is 1. The van der Waals surface area contributed by atoms with Crippen molar-refractivity contribution in [3.05, 3.63) is 89.6 Å². The minimum atomic E-state index is -3.41. The van der Waals surface area contributed by atoms with Crippen molar-refractivity contribution in [2.45, 2.75) is 42.4 Å². The van der Waals surface area contributed by atoms with Crippen LogP contribution in [-0.4, -0.2) is 43.7 Å². The van der Waals surface area contributed by atoms with E-state index in [4.69, 9.17) is 14.2 Å². The summed E-state index contributed by atoms with van der Waals surface area (Å²) in [5.74, 6) is -0.173. The van der Waals surface area contributed by atoms with Gasteiger partial charge in [-0.3, -0.25) is 9.78 Å². The van der Waals surface area contributed by atoms with Crippen LogP contribution in [0.3, 0.4) is 0 Å². The number of sulfone groups is 1. The summed E-state index contributed by atoms with van der Waals surface area (Å²) in [6.45, 7) is 3.45. The molecule has 1 fully saturated rings. The normalized spacial score (nSPS) is 13.7. The molecule has 1 aliphatic rings. The van der Waals surface area contributed by atoms with E-state index in [1.807, 2.05) is 66.7 Å². The summed E-state index contributed by atoms with van der Waals surface area (Å²) < 4.78 is 29.4. The summed E-state index contributed by atoms with van der Waals surface area (Å²) >= 11 is 2.46. The molecule has 8 nitrogen and oxygen atoms in total. The lowest BCUT2D eigenvalue weighted by atomic mass is 9.92. The molecule has 0 aliphatic heterocycles. The highest BCUT2D eigenvalue weighted by atomic mass is 32.2. The van der Waals surface area contributed by atoms with E-state index in [1.165, 1.54) is 24.7 Å². The van der Waals surface area contributed by atoms with Crippen LogP contribution in [0.1, 0.15) is 42.1 Å². The van der Waals surface area contributed by atoms with Crippen LogP contribution in [0.15, 0.2) is 83.9 Å². The fraction of sp³-hybridized carbons (Fsp3) is 0.242. The first kappa shape index (κ1) is 30.4. The van der Waals surface area contributed by atoms with Gasteiger partial charge in [-0.2, -0.15) is 4.33 Å². The topological polar surface area (TPSA) is 107 Å². The molecule has 0 atom stereocenters. The van der Waals surface area contributed by atoms with Gasteiger partial charge in [0.2, 0.25) is 0 Å². The van der Waals surface area contributed by atoms with Crippen LogP contribution >= 0.6 is 23.4 Å². The first-order valence-electron chi connectivity index (χ1n) is 14.0. The van der Waals surface area contributed by atoms with Crippen molar-refractivity contribution in [2.24, 2.45) is 0 Å². The predicted molar refractivity (Wildman–Crippen MR) is 176 cm³/mol. The van der Waals surface area contributed by atoms with Gasteiger partial charge >= 0.3 is 0 Å². The summed E-state index contributed by atoms with van der Waals surface area (Å²) in [4.78, 5) is 29.0. The third kappa shape index (κ3) is 6.15. The molecule has 0 spiro atoms. The van der Waals surface area contributed by atoms with Gasteiger partial charge in [0.1, 0.15) is 0 Å². The third-order valence-electron chi connectivity index (χ3n) is 7.82. The van der Waals surface area contributed by atoms with Crippen LogP contribution in [-0.2, 0) is 23.8 Å². The highest BCUT2D eigenvalue weighted by Crippen LogP contribution is 2.41. The van der Waals surface area contributed by atoms with E-state index in [0.717, 1.165) is 67.8 Å². The molecule has 2 heterocycles. The zero-order valence-corrected chi connectivity index (χ0v) is 27.1. The molecule has 0 saturated heterocycles. The number of hydrogen-bond acceptors (Lipinski definition) is 9. The highest BCUT2D eigenvalue weighted by Gasteiger charge is 2.33. The number of hydrogen-bond donors (Lipinski definition) is 1. The molecule has 11 heteroatoms. The molecular formula is C33H31N3O5S3. The summed E-state index contributed by atoms with van der Waals surface area (Å²) in [5.41, 5.74) is 5.62. The SMILES string of the molecule is COOSc1ccc(-c2nc(C(=O)NC3CC3)sc2-c2cccc(-c3cc(C(C)(C)S(C)(=O)=O)cc4cccnc34)c2)cc1. The second kappa shape index (κ2) is 12.1. The molecule has 226 valence electrons. The molecule has 3 aromatic carbocycles. The number of benzene rings is 3. The van der Waals surface area contributed by atoms with Gasteiger partial charge in [-0.05, 0) is 79.8 Å². The predicted octanol–water partition coefficient (Wildman–Crippen LogP) is 7.45. The van der Waals surface area contributed by atoms with Crippen molar-refractivity contribution >= 4 is 50.0 Å². The van der Waals surface area contributed by atoms with Crippen molar-refractivity contribution in [1.82, 2.24) is 15.3 Å². The van der Waals surface area contributed by atoms with E-state index in [1.54, 1.807) is 20.0 Å². The Morgan fingerprint density at radius 1 is 1.00 bits per heavy atom. The first-order valence-corrected chi connectivity index (χ1v) is 17.5. The monoisotopic (exact) mass is 645 g/mol. The summed E-state index contributed by atoms with van der Waals surface area (Å²) in [6.07, 6.45) is 4.97. The van der Waals surface area contributed by atoms with E-state index >= 15 is 0 Å². The van der Waals surface area contributed by atoms with Gasteiger partial charge in [0.05, 0.1) is 40.0 Å². The maximum absolute atomic E-state index is 13.1. The maximum atomic E-state index is 13.1. The Morgan fingerprint density at radius 2 is 1.75 bits per heavy atom. The number of carbonyl (C=O) groups excluding carboxylic acids is 1. The van der Waals surface area contributed by atoms with E-state index in [9.17, 15) is 13.2 Å². The van der Waals surface area contributed by atoms with Gasteiger partial charge in [-0.1, -0.05) is 36.4 Å². The molecule has 5 aromatic rings. The van der Waals surface area contributed by atoms with Gasteiger partial charge in [-0.25, -0.2) is 18.3 Å². The zero-order chi connectivity index (χ0) is 31.1. The molecule has 1 amide bonds. The molecule has 1 saturated carbocycles. The average Bonchev–Trinajstić information content (AvgIpc) is 3.72. The lowest BCUT2D eigenvalue weighted by Gasteiger charge is -2.24. The van der Waals surface area contributed by atoms with Gasteiger partial charge in [0.25, 0.3) is 5.91 Å². The third-order valence-corrected chi connectivity index (χ3v) is 11.7. The number of pyridine rings is 1. The summed E-state index contributed by atoms with van der Waals surface area (Å²) in [6, 6.07) is 23.6. The number of aromatic nitrogens is 2. The molecule has 0 unspecified atom stereocenters. The summed E-state index contributed by atoms with van der Waals surface area (Å²) in [7, 11) is -1.96. The average molecular weight is 646 g/mol. The van der Waals surface area contributed by atoms with Crippen LogP contribution in [0.4, 0.5) is 0 Å². The molecule has 44 heavy (non-hydrogen) atoms. The first-order chi connectivity index (χ1) is 21.0. The Hall–Kier alpha value is -3.61. The van der Waals surface area contributed by atoms with Crippen LogP contribution in [0, 0.1) is 0 Å². The van der Waals surface area contributed by atoms with Crippen LogP contribution in [0.25, 0.3) is 43.7 Å². The van der Waals surface area contributed by atoms with Crippen molar-refractivity contribution < 1.29 is 22.4 Å². The molecule has 6 rings (SSSR count). The smallest absolute Gasteiger partial charge is 0.280 e. The molecule has 1 aliphatic carbocycles. The number of fused-ring (bicyclic) bond motifs is 1. The Morgan fingerprint density at radius 3 is 2.45 bits per heavy atom. The van der Waals surface area contributed by atoms with Crippen molar-refractivity contribution in [3.63, 3.8) is 0 Å². The lowest BCUT2D eigenvalue weighted by molar-refractivity contribution is -0.160. The Labute approximate surface area is 264 Å². The molecule has 0 bridgehead atoms. The van der Waals surface area contributed by atoms with Crippen molar-refractivity contribution in [1.29, 1.82) is 0 Å². The number of amides is 1. The van der Waals surface area contributed by atoms with E-state index in [2.05, 4.69) is 16.4 Å². The fourth-order valence-corrected chi connectivity index (χ4v) is 6.75. The maximum Gasteiger partial charge on any atom is 0.280 e. The molecular weight excluding hydrogens is 615 g/mol. The minimum absolute atomic E-state index is 0.173. The number of rotatable bonds is 10. The zero-order valence-electron chi connectivity index (χ0n) is 24.7. The van der Waals surface area contributed by atoms with Gasteiger partial charge in [-0.15, -0.1) is 11.3 Å². The second-order valence-corrected chi connectivity index (χ2v) is 15.6. The second-order valence-electron chi connectivity index (χ2n) is 11.2.